The topological polar surface area (TPSA) is 61.8 Å². The fraction of sp³-hybridized carbons (Fsp3) is 0.100. The van der Waals surface area contributed by atoms with Gasteiger partial charge in [0.15, 0.2) is 5.76 Å². The molecule has 1 aromatic rings. The van der Waals surface area contributed by atoms with E-state index in [0.717, 1.165) is 5.56 Å². The van der Waals surface area contributed by atoms with Crippen LogP contribution in [-0.4, -0.2) is 22.6 Å². The summed E-state index contributed by atoms with van der Waals surface area (Å²) < 4.78 is 0. The van der Waals surface area contributed by atoms with Gasteiger partial charge < -0.3 is 9.94 Å². The second kappa shape index (κ2) is 4.42. The zero-order chi connectivity index (χ0) is 11.5. The van der Waals surface area contributed by atoms with E-state index in [4.69, 9.17) is 21.5 Å². The molecule has 6 heteroatoms. The monoisotopic (exact) mass is 240 g/mol. The van der Waals surface area contributed by atoms with Crippen LogP contribution in [-0.2, 0) is 9.63 Å². The van der Waals surface area contributed by atoms with Crippen molar-refractivity contribution in [1.29, 1.82) is 0 Å². The van der Waals surface area contributed by atoms with E-state index in [9.17, 15) is 4.79 Å². The second-order valence-electron chi connectivity index (χ2n) is 3.22. The lowest BCUT2D eigenvalue weighted by Crippen LogP contribution is -2.32. The Morgan fingerprint density at radius 2 is 2.38 bits per heavy atom. The number of hydrazine groups is 1. The van der Waals surface area contributed by atoms with Crippen LogP contribution in [0.4, 0.5) is 0 Å². The largest absolute Gasteiger partial charge is 0.480 e. The molecule has 1 aliphatic heterocycles. The molecule has 2 rings (SSSR count). The number of aliphatic carboxylic acids is 1. The molecule has 2 N–H and O–H groups in total. The molecule has 0 bridgehead atoms. The first-order valence-corrected chi connectivity index (χ1v) is 4.91. The van der Waals surface area contributed by atoms with E-state index >= 15 is 0 Å². The molecular weight excluding hydrogens is 232 g/mol. The Bertz CT molecular complexity index is 447. The summed E-state index contributed by atoms with van der Waals surface area (Å²) in [7, 11) is 0. The van der Waals surface area contributed by atoms with Gasteiger partial charge in [-0.1, -0.05) is 29.3 Å². The molecule has 0 spiro atoms. The lowest BCUT2D eigenvalue weighted by atomic mass is 10.2. The molecule has 16 heavy (non-hydrogen) atoms. The number of nitrogens with zero attached hydrogens (tertiary/aromatic N) is 1. The molecule has 1 aliphatic rings. The Labute approximate surface area is 96.8 Å². The molecular formula is C10H9ClN2O3. The van der Waals surface area contributed by atoms with Crippen LogP contribution in [0.2, 0.25) is 5.02 Å². The minimum Gasteiger partial charge on any atom is -0.480 e. The normalized spacial score (nSPS) is 14.6. The van der Waals surface area contributed by atoms with Crippen molar-refractivity contribution in [3.8, 4) is 0 Å². The van der Waals surface area contributed by atoms with Gasteiger partial charge in [-0.25, -0.2) is 0 Å². The molecule has 0 radical (unpaired) electrons. The summed E-state index contributed by atoms with van der Waals surface area (Å²) in [4.78, 5) is 15.6. The number of rotatable bonds is 3. The van der Waals surface area contributed by atoms with Crippen LogP contribution in [0.5, 0.6) is 0 Å². The number of carbonyl (C=O) groups is 1. The van der Waals surface area contributed by atoms with Crippen molar-refractivity contribution >= 4 is 23.3 Å². The van der Waals surface area contributed by atoms with Crippen molar-refractivity contribution < 1.29 is 14.7 Å². The first-order chi connectivity index (χ1) is 7.65. The maximum atomic E-state index is 10.5. The molecule has 0 atom stereocenters. The van der Waals surface area contributed by atoms with E-state index in [0.29, 0.717) is 10.8 Å². The van der Waals surface area contributed by atoms with Crippen molar-refractivity contribution in [3.05, 3.63) is 41.1 Å². The lowest BCUT2D eigenvalue weighted by molar-refractivity contribution is -0.139. The SMILES string of the molecule is O=C(O)CN1C=C(c2cccc(Cl)c2)ON1. The molecule has 0 unspecified atom stereocenters. The molecule has 0 amide bonds. The third-order valence-electron chi connectivity index (χ3n) is 1.96. The van der Waals surface area contributed by atoms with Crippen LogP contribution in [0, 0.1) is 0 Å². The van der Waals surface area contributed by atoms with E-state index in [1.54, 1.807) is 24.4 Å². The van der Waals surface area contributed by atoms with Crippen LogP contribution in [0.15, 0.2) is 30.5 Å². The highest BCUT2D eigenvalue weighted by Gasteiger charge is 2.17. The molecule has 0 saturated heterocycles. The predicted octanol–water partition coefficient (Wildman–Crippen LogP) is 1.47. The van der Waals surface area contributed by atoms with Crippen LogP contribution < -0.4 is 5.59 Å². The van der Waals surface area contributed by atoms with E-state index < -0.39 is 5.97 Å². The molecule has 1 aromatic carbocycles. The first kappa shape index (κ1) is 10.8. The summed E-state index contributed by atoms with van der Waals surface area (Å²) in [6.07, 6.45) is 1.57. The standard InChI is InChI=1S/C10H9ClN2O3/c11-8-3-1-2-7(4-8)9-5-13(12-16-9)6-10(14)15/h1-5,12H,6H2,(H,14,15). The zero-order valence-corrected chi connectivity index (χ0v) is 8.94. The minimum absolute atomic E-state index is 0.177. The average Bonchev–Trinajstić information content (AvgIpc) is 2.65. The molecule has 1 heterocycles. The Hall–Kier alpha value is -1.72. The zero-order valence-electron chi connectivity index (χ0n) is 8.18. The van der Waals surface area contributed by atoms with Crippen molar-refractivity contribution in [1.82, 2.24) is 10.6 Å². The van der Waals surface area contributed by atoms with Gasteiger partial charge in [0.25, 0.3) is 0 Å². The Morgan fingerprint density at radius 1 is 1.56 bits per heavy atom. The van der Waals surface area contributed by atoms with Gasteiger partial charge in [-0.3, -0.25) is 9.80 Å². The van der Waals surface area contributed by atoms with Gasteiger partial charge in [-0.05, 0) is 12.1 Å². The summed E-state index contributed by atoms with van der Waals surface area (Å²) in [6.45, 7) is -0.177. The van der Waals surface area contributed by atoms with Crippen LogP contribution >= 0.6 is 11.6 Å². The number of halogens is 1. The van der Waals surface area contributed by atoms with Gasteiger partial charge in [0.2, 0.25) is 0 Å². The van der Waals surface area contributed by atoms with E-state index in [1.807, 2.05) is 6.07 Å². The van der Waals surface area contributed by atoms with Gasteiger partial charge >= 0.3 is 5.97 Å². The Kier molecular flexibility index (Phi) is 2.98. The summed E-state index contributed by atoms with van der Waals surface area (Å²) in [5.74, 6) is -0.413. The van der Waals surface area contributed by atoms with Crippen molar-refractivity contribution in [2.75, 3.05) is 6.54 Å². The highest BCUT2D eigenvalue weighted by Crippen LogP contribution is 2.22. The van der Waals surface area contributed by atoms with Crippen LogP contribution in [0.3, 0.4) is 0 Å². The fourth-order valence-corrected chi connectivity index (χ4v) is 1.49. The maximum absolute atomic E-state index is 10.5. The molecule has 0 saturated carbocycles. The third kappa shape index (κ3) is 2.44. The number of carboxylic acids is 1. The van der Waals surface area contributed by atoms with Gasteiger partial charge in [0.1, 0.15) is 6.54 Å². The third-order valence-corrected chi connectivity index (χ3v) is 2.20. The smallest absolute Gasteiger partial charge is 0.324 e. The number of carboxylic acid groups (broad SMARTS) is 1. The van der Waals surface area contributed by atoms with Crippen molar-refractivity contribution in [2.24, 2.45) is 0 Å². The molecule has 0 fully saturated rings. The van der Waals surface area contributed by atoms with E-state index in [1.165, 1.54) is 5.01 Å². The number of hydrogen-bond acceptors (Lipinski definition) is 4. The summed E-state index contributed by atoms with van der Waals surface area (Å²) in [5.41, 5.74) is 3.26. The van der Waals surface area contributed by atoms with E-state index in [-0.39, 0.29) is 6.54 Å². The summed E-state index contributed by atoms with van der Waals surface area (Å²) >= 11 is 5.83. The van der Waals surface area contributed by atoms with Crippen LogP contribution in [0.25, 0.3) is 5.76 Å². The van der Waals surface area contributed by atoms with Gasteiger partial charge in [0.05, 0.1) is 6.20 Å². The van der Waals surface area contributed by atoms with Gasteiger partial charge in [-0.15, -0.1) is 0 Å². The number of nitrogens with one attached hydrogen (secondary N) is 1. The van der Waals surface area contributed by atoms with Crippen molar-refractivity contribution in [3.63, 3.8) is 0 Å². The Morgan fingerprint density at radius 3 is 3.06 bits per heavy atom. The highest BCUT2D eigenvalue weighted by molar-refractivity contribution is 6.30. The number of hydrogen-bond donors (Lipinski definition) is 2. The quantitative estimate of drug-likeness (QED) is 0.838. The molecule has 0 aromatic heterocycles. The lowest BCUT2D eigenvalue weighted by Gasteiger charge is -2.09. The minimum atomic E-state index is -0.945. The Balaban J connectivity index is 2.14. The average molecular weight is 241 g/mol. The molecule has 0 aliphatic carbocycles. The first-order valence-electron chi connectivity index (χ1n) is 4.54. The maximum Gasteiger partial charge on any atom is 0.324 e. The van der Waals surface area contributed by atoms with Gasteiger partial charge in [0, 0.05) is 10.6 Å². The van der Waals surface area contributed by atoms with Crippen LogP contribution in [0.1, 0.15) is 5.56 Å². The second-order valence-corrected chi connectivity index (χ2v) is 3.66. The van der Waals surface area contributed by atoms with Gasteiger partial charge in [-0.2, -0.15) is 0 Å². The molecule has 5 nitrogen and oxygen atoms in total. The molecule has 84 valence electrons. The number of benzene rings is 1. The summed E-state index contributed by atoms with van der Waals surface area (Å²) in [6, 6.07) is 7.10. The predicted molar refractivity (Wildman–Crippen MR) is 58.0 cm³/mol. The highest BCUT2D eigenvalue weighted by atomic mass is 35.5. The fourth-order valence-electron chi connectivity index (χ4n) is 1.30. The summed E-state index contributed by atoms with van der Waals surface area (Å²) in [5, 5.41) is 10.5. The van der Waals surface area contributed by atoms with E-state index in [2.05, 4.69) is 5.59 Å². The van der Waals surface area contributed by atoms with Crippen molar-refractivity contribution in [2.45, 2.75) is 0 Å².